The molecule has 2 rings (SSSR count). The third kappa shape index (κ3) is 10.4. The number of benzene rings is 2. The molecule has 182 valence electrons. The lowest BCUT2D eigenvalue weighted by atomic mass is 10.1. The summed E-state index contributed by atoms with van der Waals surface area (Å²) >= 11 is 0. The minimum Gasteiger partial charge on any atom is -0.423 e. The van der Waals surface area contributed by atoms with Crippen LogP contribution in [0.15, 0.2) is 53.6 Å². The molecule has 2 N–H and O–H groups in total. The Labute approximate surface area is 202 Å². The maximum Gasteiger partial charge on any atom is 0.343 e. The van der Waals surface area contributed by atoms with Crippen molar-refractivity contribution in [1.82, 2.24) is 10.7 Å². The van der Waals surface area contributed by atoms with Gasteiger partial charge in [-0.3, -0.25) is 9.59 Å². The van der Waals surface area contributed by atoms with Crippen molar-refractivity contribution in [3.63, 3.8) is 0 Å². The Hall–Kier alpha value is -3.48. The van der Waals surface area contributed by atoms with Crippen molar-refractivity contribution in [3.8, 4) is 5.75 Å². The van der Waals surface area contributed by atoms with Crippen molar-refractivity contribution in [1.29, 1.82) is 0 Å². The molecule has 0 unspecified atom stereocenters. The molecule has 2 aromatic rings. The zero-order chi connectivity index (χ0) is 24.6. The van der Waals surface area contributed by atoms with E-state index in [2.05, 4.69) is 22.8 Å². The number of hydrazone groups is 1. The summed E-state index contributed by atoms with van der Waals surface area (Å²) in [5.74, 6) is -0.518. The van der Waals surface area contributed by atoms with Crippen molar-refractivity contribution < 1.29 is 19.1 Å². The number of aryl methyl sites for hydroxylation is 1. The minimum atomic E-state index is -0.416. The van der Waals surface area contributed by atoms with Gasteiger partial charge in [-0.2, -0.15) is 5.10 Å². The average molecular weight is 466 g/mol. The molecule has 0 aliphatic rings. The predicted molar refractivity (Wildman–Crippen MR) is 134 cm³/mol. The van der Waals surface area contributed by atoms with Crippen LogP contribution in [0.5, 0.6) is 5.75 Å². The fourth-order valence-corrected chi connectivity index (χ4v) is 3.31. The molecule has 0 radical (unpaired) electrons. The smallest absolute Gasteiger partial charge is 0.343 e. The first-order valence-electron chi connectivity index (χ1n) is 12.0. The van der Waals surface area contributed by atoms with Crippen molar-refractivity contribution in [3.05, 3.63) is 65.2 Å². The van der Waals surface area contributed by atoms with Gasteiger partial charge >= 0.3 is 5.97 Å². The average Bonchev–Trinajstić information content (AvgIpc) is 2.83. The fraction of sp³-hybridized carbons (Fsp3) is 0.407. The standard InChI is InChI=1S/C27H35N3O4/c1-3-4-5-6-7-8-9-14-25(31)28-20-26(32)30-29-19-22-15-17-23(18-16-22)34-27(33)24-13-11-10-12-21(24)2/h10-13,15-19H,3-9,14,20H2,1-2H3,(H,28,31)(H,30,32). The third-order valence-corrected chi connectivity index (χ3v) is 5.31. The van der Waals surface area contributed by atoms with E-state index in [1.807, 2.05) is 19.1 Å². The lowest BCUT2D eigenvalue weighted by Crippen LogP contribution is -2.34. The fourth-order valence-electron chi connectivity index (χ4n) is 3.31. The number of unbranched alkanes of at least 4 members (excludes halogenated alkanes) is 6. The number of carbonyl (C=O) groups excluding carboxylic acids is 3. The van der Waals surface area contributed by atoms with E-state index in [4.69, 9.17) is 4.74 Å². The summed E-state index contributed by atoms with van der Waals surface area (Å²) < 4.78 is 5.40. The number of carbonyl (C=O) groups is 3. The van der Waals surface area contributed by atoms with E-state index >= 15 is 0 Å². The van der Waals surface area contributed by atoms with Gasteiger partial charge in [-0.15, -0.1) is 0 Å². The zero-order valence-electron chi connectivity index (χ0n) is 20.1. The van der Waals surface area contributed by atoms with E-state index in [1.54, 1.807) is 36.4 Å². The molecular weight excluding hydrogens is 430 g/mol. The maximum atomic E-state index is 12.3. The number of hydrogen-bond acceptors (Lipinski definition) is 5. The van der Waals surface area contributed by atoms with E-state index in [-0.39, 0.29) is 12.5 Å². The second-order valence-corrected chi connectivity index (χ2v) is 8.21. The maximum absolute atomic E-state index is 12.3. The Bertz CT molecular complexity index is 955. The first-order chi connectivity index (χ1) is 16.5. The van der Waals surface area contributed by atoms with E-state index < -0.39 is 11.9 Å². The highest BCUT2D eigenvalue weighted by molar-refractivity contribution is 5.92. The lowest BCUT2D eigenvalue weighted by Gasteiger charge is -2.06. The van der Waals surface area contributed by atoms with Crippen molar-refractivity contribution in [2.24, 2.45) is 5.10 Å². The summed E-state index contributed by atoms with van der Waals surface area (Å²) in [5.41, 5.74) is 4.48. The van der Waals surface area contributed by atoms with Gasteiger partial charge in [0.2, 0.25) is 5.91 Å². The van der Waals surface area contributed by atoms with Gasteiger partial charge in [0.15, 0.2) is 0 Å². The van der Waals surface area contributed by atoms with Crippen LogP contribution in [-0.2, 0) is 9.59 Å². The Kier molecular flexibility index (Phi) is 12.1. The van der Waals surface area contributed by atoms with Crippen LogP contribution in [0.2, 0.25) is 0 Å². The van der Waals surface area contributed by atoms with E-state index in [0.717, 1.165) is 30.4 Å². The molecule has 7 heteroatoms. The second-order valence-electron chi connectivity index (χ2n) is 8.21. The monoisotopic (exact) mass is 465 g/mol. The molecule has 34 heavy (non-hydrogen) atoms. The summed E-state index contributed by atoms with van der Waals surface area (Å²) in [6, 6.07) is 14.0. The first kappa shape index (κ1) is 26.8. The van der Waals surface area contributed by atoms with Gasteiger partial charge in [0, 0.05) is 6.42 Å². The molecule has 0 aromatic heterocycles. The number of nitrogens with zero attached hydrogens (tertiary/aromatic N) is 1. The molecular formula is C27H35N3O4. The summed E-state index contributed by atoms with van der Waals surface area (Å²) in [6.45, 7) is 3.93. The predicted octanol–water partition coefficient (Wildman–Crippen LogP) is 4.92. The molecule has 0 spiro atoms. The molecule has 7 nitrogen and oxygen atoms in total. The molecule has 0 fully saturated rings. The first-order valence-corrected chi connectivity index (χ1v) is 12.0. The van der Waals surface area contributed by atoms with Crippen LogP contribution in [0.1, 0.15) is 79.8 Å². The molecule has 0 saturated heterocycles. The molecule has 0 aliphatic heterocycles. The summed E-state index contributed by atoms with van der Waals surface area (Å²) in [5, 5.41) is 6.51. The minimum absolute atomic E-state index is 0.111. The van der Waals surface area contributed by atoms with Crippen molar-refractivity contribution in [2.75, 3.05) is 6.54 Å². The van der Waals surface area contributed by atoms with Crippen LogP contribution in [0.3, 0.4) is 0 Å². The van der Waals surface area contributed by atoms with Gasteiger partial charge < -0.3 is 10.1 Å². The van der Waals surface area contributed by atoms with Crippen LogP contribution in [-0.4, -0.2) is 30.5 Å². The summed E-state index contributed by atoms with van der Waals surface area (Å²) in [4.78, 5) is 36.0. The van der Waals surface area contributed by atoms with Crippen LogP contribution >= 0.6 is 0 Å². The highest BCUT2D eigenvalue weighted by atomic mass is 16.5. The molecule has 0 atom stereocenters. The Morgan fingerprint density at radius 3 is 2.26 bits per heavy atom. The van der Waals surface area contributed by atoms with E-state index in [0.29, 0.717) is 17.7 Å². The zero-order valence-corrected chi connectivity index (χ0v) is 20.1. The molecule has 2 aromatic carbocycles. The van der Waals surface area contributed by atoms with E-state index in [9.17, 15) is 14.4 Å². The second kappa shape index (κ2) is 15.4. The van der Waals surface area contributed by atoms with Crippen molar-refractivity contribution in [2.45, 2.75) is 65.2 Å². The number of rotatable bonds is 14. The summed E-state index contributed by atoms with van der Waals surface area (Å²) in [6.07, 6.45) is 9.92. The van der Waals surface area contributed by atoms with Crippen LogP contribution < -0.4 is 15.5 Å². The normalized spacial score (nSPS) is 10.8. The third-order valence-electron chi connectivity index (χ3n) is 5.31. The number of ether oxygens (including phenoxy) is 1. The number of hydrogen-bond donors (Lipinski definition) is 2. The van der Waals surface area contributed by atoms with Crippen LogP contribution in [0.4, 0.5) is 0 Å². The highest BCUT2D eigenvalue weighted by Gasteiger charge is 2.10. The largest absolute Gasteiger partial charge is 0.423 e. The highest BCUT2D eigenvalue weighted by Crippen LogP contribution is 2.15. The van der Waals surface area contributed by atoms with E-state index in [1.165, 1.54) is 31.9 Å². The van der Waals surface area contributed by atoms with Gasteiger partial charge in [0.05, 0.1) is 18.3 Å². The van der Waals surface area contributed by atoms with Crippen LogP contribution in [0.25, 0.3) is 0 Å². The molecule has 2 amide bonds. The van der Waals surface area contributed by atoms with Gasteiger partial charge in [0.1, 0.15) is 5.75 Å². The SMILES string of the molecule is CCCCCCCCCC(=O)NCC(=O)NN=Cc1ccc(OC(=O)c2ccccc2C)cc1. The van der Waals surface area contributed by atoms with Crippen molar-refractivity contribution >= 4 is 24.0 Å². The summed E-state index contributed by atoms with van der Waals surface area (Å²) in [7, 11) is 0. The number of nitrogens with one attached hydrogen (secondary N) is 2. The Balaban J connectivity index is 1.64. The quantitative estimate of drug-likeness (QED) is 0.136. The topological polar surface area (TPSA) is 96.9 Å². The Morgan fingerprint density at radius 1 is 0.882 bits per heavy atom. The van der Waals surface area contributed by atoms with Gasteiger partial charge in [-0.1, -0.05) is 63.6 Å². The molecule has 0 heterocycles. The van der Waals surface area contributed by atoms with Gasteiger partial charge in [0.25, 0.3) is 5.91 Å². The molecule has 0 saturated carbocycles. The number of amides is 2. The Morgan fingerprint density at radius 2 is 1.56 bits per heavy atom. The van der Waals surface area contributed by atoms with Gasteiger partial charge in [-0.05, 0) is 54.8 Å². The van der Waals surface area contributed by atoms with Gasteiger partial charge in [-0.25, -0.2) is 10.2 Å². The lowest BCUT2D eigenvalue weighted by molar-refractivity contribution is -0.126. The molecule has 0 aliphatic carbocycles. The number of esters is 1. The van der Waals surface area contributed by atoms with Crippen LogP contribution in [0, 0.1) is 6.92 Å². The molecule has 0 bridgehead atoms.